The monoisotopic (exact) mass is 328 g/mol. The lowest BCUT2D eigenvalue weighted by Gasteiger charge is -2.11. The number of nitrogens with one attached hydrogen (secondary N) is 2. The van der Waals surface area contributed by atoms with Crippen LogP contribution in [0.4, 0.5) is 0 Å². The summed E-state index contributed by atoms with van der Waals surface area (Å²) in [6.07, 6.45) is 3.83. The number of nitrogens with zero attached hydrogens (tertiary/aromatic N) is 2. The fraction of sp³-hybridized carbons (Fsp3) is 0.444. The second kappa shape index (κ2) is 7.49. The van der Waals surface area contributed by atoms with Crippen molar-refractivity contribution in [3.05, 3.63) is 41.7 Å². The minimum Gasteiger partial charge on any atom is -0.494 e. The molecule has 6 nitrogen and oxygen atoms in total. The van der Waals surface area contributed by atoms with Crippen LogP contribution < -0.4 is 15.4 Å². The summed E-state index contributed by atoms with van der Waals surface area (Å²) in [6.45, 7) is 4.74. The van der Waals surface area contributed by atoms with E-state index in [0.29, 0.717) is 18.0 Å². The first-order valence-corrected chi connectivity index (χ1v) is 8.37. The van der Waals surface area contributed by atoms with Crippen LogP contribution in [0.5, 0.6) is 5.75 Å². The standard InChI is InChI=1S/C18H24N4O2/c1-13-15(18(23)20-10-8-14-7-9-19-11-14)12-21-22(13)16-5-3-4-6-17(16)24-2/h3-6,12,14,19H,7-11H2,1-2H3,(H,20,23). The van der Waals surface area contributed by atoms with Gasteiger partial charge in [-0.1, -0.05) is 12.1 Å². The topological polar surface area (TPSA) is 68.2 Å². The van der Waals surface area contributed by atoms with Gasteiger partial charge in [0.25, 0.3) is 5.91 Å². The number of methoxy groups -OCH3 is 1. The molecule has 2 aromatic rings. The Morgan fingerprint density at radius 1 is 1.46 bits per heavy atom. The fourth-order valence-corrected chi connectivity index (χ4v) is 3.13. The van der Waals surface area contributed by atoms with Crippen molar-refractivity contribution in [2.45, 2.75) is 19.8 Å². The molecule has 1 atom stereocenters. The van der Waals surface area contributed by atoms with E-state index in [1.165, 1.54) is 6.42 Å². The maximum absolute atomic E-state index is 12.4. The number of carbonyl (C=O) groups excluding carboxylic acids is 1. The lowest BCUT2D eigenvalue weighted by Crippen LogP contribution is -2.26. The van der Waals surface area contributed by atoms with Crippen LogP contribution in [0.2, 0.25) is 0 Å². The van der Waals surface area contributed by atoms with Crippen molar-refractivity contribution in [1.29, 1.82) is 0 Å². The quantitative estimate of drug-likeness (QED) is 0.850. The molecule has 0 spiro atoms. The molecule has 1 aromatic carbocycles. The minimum atomic E-state index is -0.0698. The molecule has 1 unspecified atom stereocenters. The summed E-state index contributed by atoms with van der Waals surface area (Å²) in [6, 6.07) is 7.64. The van der Waals surface area contributed by atoms with Gasteiger partial charge in [0.05, 0.1) is 24.6 Å². The van der Waals surface area contributed by atoms with E-state index in [9.17, 15) is 4.79 Å². The number of para-hydroxylation sites is 2. The molecule has 2 heterocycles. The molecule has 3 rings (SSSR count). The Labute approximate surface area is 142 Å². The predicted octanol–water partition coefficient (Wildman–Crippen LogP) is 1.92. The number of hydrogen-bond acceptors (Lipinski definition) is 4. The first-order chi connectivity index (χ1) is 11.7. The smallest absolute Gasteiger partial charge is 0.254 e. The van der Waals surface area contributed by atoms with Crippen LogP contribution in [0.3, 0.4) is 0 Å². The zero-order chi connectivity index (χ0) is 16.9. The molecule has 1 aromatic heterocycles. The van der Waals surface area contributed by atoms with Gasteiger partial charge < -0.3 is 15.4 Å². The number of rotatable bonds is 6. The van der Waals surface area contributed by atoms with Crippen LogP contribution in [0.15, 0.2) is 30.5 Å². The summed E-state index contributed by atoms with van der Waals surface area (Å²) < 4.78 is 7.12. The van der Waals surface area contributed by atoms with Gasteiger partial charge in [0.1, 0.15) is 11.4 Å². The molecular weight excluding hydrogens is 304 g/mol. The molecule has 1 aliphatic heterocycles. The third-order valence-electron chi connectivity index (χ3n) is 4.57. The summed E-state index contributed by atoms with van der Waals surface area (Å²) in [5, 5.41) is 10.7. The lowest BCUT2D eigenvalue weighted by atomic mass is 10.1. The Morgan fingerprint density at radius 3 is 3.04 bits per heavy atom. The van der Waals surface area contributed by atoms with Gasteiger partial charge >= 0.3 is 0 Å². The molecule has 128 valence electrons. The molecule has 1 aliphatic rings. The van der Waals surface area contributed by atoms with Crippen LogP contribution in [0.1, 0.15) is 28.9 Å². The molecule has 0 aliphatic carbocycles. The highest BCUT2D eigenvalue weighted by molar-refractivity contribution is 5.95. The third kappa shape index (κ3) is 3.43. The van der Waals surface area contributed by atoms with E-state index in [2.05, 4.69) is 15.7 Å². The highest BCUT2D eigenvalue weighted by atomic mass is 16.5. The summed E-state index contributed by atoms with van der Waals surface area (Å²) >= 11 is 0. The molecule has 2 N–H and O–H groups in total. The number of carbonyl (C=O) groups is 1. The Kier molecular flexibility index (Phi) is 5.15. The van der Waals surface area contributed by atoms with E-state index in [-0.39, 0.29) is 5.91 Å². The molecule has 0 bridgehead atoms. The zero-order valence-electron chi connectivity index (χ0n) is 14.2. The van der Waals surface area contributed by atoms with E-state index in [4.69, 9.17) is 4.74 Å². The van der Waals surface area contributed by atoms with Crippen LogP contribution in [-0.4, -0.2) is 42.4 Å². The van der Waals surface area contributed by atoms with Gasteiger partial charge in [-0.15, -0.1) is 0 Å². The van der Waals surface area contributed by atoms with Crippen LogP contribution in [0.25, 0.3) is 5.69 Å². The van der Waals surface area contributed by atoms with Gasteiger partial charge in [0.2, 0.25) is 0 Å². The highest BCUT2D eigenvalue weighted by Crippen LogP contribution is 2.24. The average molecular weight is 328 g/mol. The molecule has 1 fully saturated rings. The first-order valence-electron chi connectivity index (χ1n) is 8.37. The molecule has 1 saturated heterocycles. The molecule has 6 heteroatoms. The van der Waals surface area contributed by atoms with Crippen molar-refractivity contribution in [3.63, 3.8) is 0 Å². The van der Waals surface area contributed by atoms with E-state index in [1.54, 1.807) is 18.0 Å². The lowest BCUT2D eigenvalue weighted by molar-refractivity contribution is 0.0951. The second-order valence-electron chi connectivity index (χ2n) is 6.13. The van der Waals surface area contributed by atoms with Gasteiger partial charge in [0, 0.05) is 6.54 Å². The molecular formula is C18H24N4O2. The Bertz CT molecular complexity index is 705. The highest BCUT2D eigenvalue weighted by Gasteiger charge is 2.18. The molecule has 1 amide bonds. The summed E-state index contributed by atoms with van der Waals surface area (Å²) in [5.41, 5.74) is 2.23. The van der Waals surface area contributed by atoms with Gasteiger partial charge in [-0.25, -0.2) is 4.68 Å². The molecule has 24 heavy (non-hydrogen) atoms. The summed E-state index contributed by atoms with van der Waals surface area (Å²) in [5.74, 6) is 1.33. The first kappa shape index (κ1) is 16.5. The van der Waals surface area contributed by atoms with Crippen molar-refractivity contribution in [2.75, 3.05) is 26.7 Å². The van der Waals surface area contributed by atoms with Crippen molar-refractivity contribution in [3.8, 4) is 11.4 Å². The van der Waals surface area contributed by atoms with Gasteiger partial charge in [0.15, 0.2) is 0 Å². The maximum atomic E-state index is 12.4. The predicted molar refractivity (Wildman–Crippen MR) is 92.8 cm³/mol. The van der Waals surface area contributed by atoms with Crippen molar-refractivity contribution in [2.24, 2.45) is 5.92 Å². The molecule has 0 saturated carbocycles. The van der Waals surface area contributed by atoms with Crippen molar-refractivity contribution in [1.82, 2.24) is 20.4 Å². The van der Waals surface area contributed by atoms with Crippen LogP contribution in [-0.2, 0) is 0 Å². The summed E-state index contributed by atoms with van der Waals surface area (Å²) in [7, 11) is 1.63. The fourth-order valence-electron chi connectivity index (χ4n) is 3.13. The van der Waals surface area contributed by atoms with E-state index < -0.39 is 0 Å². The minimum absolute atomic E-state index is 0.0698. The van der Waals surface area contributed by atoms with Crippen LogP contribution in [0, 0.1) is 12.8 Å². The number of aromatic nitrogens is 2. The third-order valence-corrected chi connectivity index (χ3v) is 4.57. The molecule has 0 radical (unpaired) electrons. The maximum Gasteiger partial charge on any atom is 0.254 e. The Morgan fingerprint density at radius 2 is 2.29 bits per heavy atom. The SMILES string of the molecule is COc1ccccc1-n1ncc(C(=O)NCCC2CCNC2)c1C. The number of hydrogen-bond donors (Lipinski definition) is 2. The van der Waals surface area contributed by atoms with Gasteiger partial charge in [-0.05, 0) is 50.9 Å². The van der Waals surface area contributed by atoms with E-state index in [0.717, 1.165) is 36.6 Å². The normalized spacial score (nSPS) is 17.0. The summed E-state index contributed by atoms with van der Waals surface area (Å²) in [4.78, 5) is 12.4. The van der Waals surface area contributed by atoms with Gasteiger partial charge in [-0.3, -0.25) is 4.79 Å². The number of amides is 1. The largest absolute Gasteiger partial charge is 0.494 e. The van der Waals surface area contributed by atoms with E-state index >= 15 is 0 Å². The number of benzene rings is 1. The van der Waals surface area contributed by atoms with Gasteiger partial charge in [-0.2, -0.15) is 5.10 Å². The Hall–Kier alpha value is -2.34. The van der Waals surface area contributed by atoms with Crippen LogP contribution >= 0.6 is 0 Å². The average Bonchev–Trinajstić information content (AvgIpc) is 3.24. The van der Waals surface area contributed by atoms with E-state index in [1.807, 2.05) is 31.2 Å². The number of ether oxygens (including phenoxy) is 1. The Balaban J connectivity index is 1.68. The van der Waals surface area contributed by atoms with Crippen molar-refractivity contribution >= 4 is 5.91 Å². The van der Waals surface area contributed by atoms with Crippen molar-refractivity contribution < 1.29 is 9.53 Å². The zero-order valence-corrected chi connectivity index (χ0v) is 14.2. The second-order valence-corrected chi connectivity index (χ2v) is 6.13.